The molecule has 0 heterocycles. The highest BCUT2D eigenvalue weighted by Gasteiger charge is 1.75. The van der Waals surface area contributed by atoms with Gasteiger partial charge < -0.3 is 10.8 Å². The summed E-state index contributed by atoms with van der Waals surface area (Å²) in [6.07, 6.45) is 0.312. The normalized spacial score (nSPS) is 7.44. The fraction of sp³-hybridized carbons (Fsp3) is 0.250. The third-order valence-corrected chi connectivity index (χ3v) is 0.632. The molecular weight excluding hydrogens is 158 g/mol. The highest BCUT2D eigenvalue weighted by Crippen LogP contribution is 1.97. The standard InChI is InChI=1S/C3H6S2.CH3NO2/c1-2-3(4)5;2-1(3)4/h2-5H,1H2;2H2,(H,3,4). The van der Waals surface area contributed by atoms with Crippen molar-refractivity contribution in [1.82, 2.24) is 0 Å². The maximum atomic E-state index is 8.78. The molecule has 54 valence electrons. The van der Waals surface area contributed by atoms with Crippen molar-refractivity contribution in [2.45, 2.75) is 4.58 Å². The molecule has 0 atom stereocenters. The smallest absolute Gasteiger partial charge is 0.402 e. The zero-order chi connectivity index (χ0) is 7.86. The van der Waals surface area contributed by atoms with E-state index in [1.54, 1.807) is 6.08 Å². The average Bonchev–Trinajstić information content (AvgIpc) is 1.65. The first-order valence-electron chi connectivity index (χ1n) is 1.97. The van der Waals surface area contributed by atoms with Crippen molar-refractivity contribution >= 4 is 31.4 Å². The van der Waals surface area contributed by atoms with E-state index >= 15 is 0 Å². The van der Waals surface area contributed by atoms with Crippen LogP contribution in [0.15, 0.2) is 12.7 Å². The lowest BCUT2D eigenvalue weighted by Crippen LogP contribution is -2.03. The number of carbonyl (C=O) groups is 1. The lowest BCUT2D eigenvalue weighted by Gasteiger charge is -1.82. The van der Waals surface area contributed by atoms with Crippen LogP contribution in [0.5, 0.6) is 0 Å². The molecule has 0 saturated carbocycles. The van der Waals surface area contributed by atoms with Gasteiger partial charge in [0.1, 0.15) is 0 Å². The van der Waals surface area contributed by atoms with Crippen LogP contribution in [0.25, 0.3) is 0 Å². The van der Waals surface area contributed by atoms with E-state index in [0.29, 0.717) is 0 Å². The molecule has 0 aromatic rings. The molecule has 0 aliphatic heterocycles. The summed E-state index contributed by atoms with van der Waals surface area (Å²) in [4.78, 5) is 8.78. The summed E-state index contributed by atoms with van der Waals surface area (Å²) >= 11 is 7.69. The first kappa shape index (κ1) is 11.5. The predicted molar refractivity (Wildman–Crippen MR) is 44.2 cm³/mol. The summed E-state index contributed by atoms with van der Waals surface area (Å²) in [5.41, 5.74) is 4.03. The van der Waals surface area contributed by atoms with Crippen LogP contribution in [0.1, 0.15) is 0 Å². The van der Waals surface area contributed by atoms with Crippen molar-refractivity contribution in [2.75, 3.05) is 0 Å². The van der Waals surface area contributed by atoms with Crippen LogP contribution in [0.2, 0.25) is 0 Å². The van der Waals surface area contributed by atoms with E-state index < -0.39 is 6.09 Å². The number of carboxylic acid groups (broad SMARTS) is 1. The van der Waals surface area contributed by atoms with Crippen molar-refractivity contribution in [3.63, 3.8) is 0 Å². The van der Waals surface area contributed by atoms with Gasteiger partial charge in [0, 0.05) is 0 Å². The van der Waals surface area contributed by atoms with E-state index in [0.717, 1.165) is 0 Å². The van der Waals surface area contributed by atoms with Crippen LogP contribution >= 0.6 is 25.3 Å². The van der Waals surface area contributed by atoms with Gasteiger partial charge in [-0.3, -0.25) is 0 Å². The van der Waals surface area contributed by atoms with Crippen LogP contribution in [-0.4, -0.2) is 15.8 Å². The highest BCUT2D eigenvalue weighted by atomic mass is 32.2. The third kappa shape index (κ3) is 86.0. The molecule has 0 saturated heterocycles. The largest absolute Gasteiger partial charge is 0.465 e. The number of thiol groups is 2. The van der Waals surface area contributed by atoms with Gasteiger partial charge in [-0.25, -0.2) is 4.79 Å². The molecule has 0 aromatic heterocycles. The molecule has 0 rings (SSSR count). The van der Waals surface area contributed by atoms with Crippen LogP contribution in [0.3, 0.4) is 0 Å². The molecule has 0 radical (unpaired) electrons. The Labute approximate surface area is 64.8 Å². The molecule has 0 aromatic carbocycles. The lowest BCUT2D eigenvalue weighted by molar-refractivity contribution is 0.205. The zero-order valence-electron chi connectivity index (χ0n) is 4.69. The molecule has 1 amide bonds. The van der Waals surface area contributed by atoms with Crippen LogP contribution in [0, 0.1) is 0 Å². The fourth-order valence-corrected chi connectivity index (χ4v) is 0. The Balaban J connectivity index is 0. The Morgan fingerprint density at radius 3 is 1.89 bits per heavy atom. The minimum absolute atomic E-state index is 0.0370. The van der Waals surface area contributed by atoms with E-state index in [2.05, 4.69) is 37.6 Å². The molecule has 0 fully saturated rings. The topological polar surface area (TPSA) is 63.3 Å². The summed E-state index contributed by atoms with van der Waals surface area (Å²) < 4.78 is 0.0370. The molecule has 0 aliphatic carbocycles. The Hall–Kier alpha value is -0.290. The second-order valence-corrected chi connectivity index (χ2v) is 2.51. The van der Waals surface area contributed by atoms with E-state index in [1.807, 2.05) is 0 Å². The number of rotatable bonds is 1. The van der Waals surface area contributed by atoms with Crippen LogP contribution in [-0.2, 0) is 0 Å². The van der Waals surface area contributed by atoms with Gasteiger partial charge in [0.05, 0.1) is 4.58 Å². The molecule has 3 N–H and O–H groups in total. The summed E-state index contributed by atoms with van der Waals surface area (Å²) in [6.45, 7) is 3.41. The van der Waals surface area contributed by atoms with Crippen molar-refractivity contribution in [1.29, 1.82) is 0 Å². The zero-order valence-corrected chi connectivity index (χ0v) is 6.48. The van der Waals surface area contributed by atoms with Gasteiger partial charge in [-0.1, -0.05) is 6.08 Å². The van der Waals surface area contributed by atoms with E-state index in [1.165, 1.54) is 0 Å². The SMILES string of the molecule is C=CC(S)S.NC(=O)O. The van der Waals surface area contributed by atoms with Gasteiger partial charge in [0.2, 0.25) is 0 Å². The number of primary amides is 1. The summed E-state index contributed by atoms with van der Waals surface area (Å²) in [7, 11) is 0. The van der Waals surface area contributed by atoms with Gasteiger partial charge in [-0.05, 0) is 0 Å². The Kier molecular flexibility index (Phi) is 9.85. The number of amides is 1. The maximum absolute atomic E-state index is 8.78. The molecule has 0 spiro atoms. The number of hydrogen-bond acceptors (Lipinski definition) is 3. The Bertz CT molecular complexity index is 90.6. The van der Waals surface area contributed by atoms with Crippen molar-refractivity contribution in [3.8, 4) is 0 Å². The molecular formula is C4H9NO2S2. The number of hydrogen-bond donors (Lipinski definition) is 4. The monoisotopic (exact) mass is 167 g/mol. The highest BCUT2D eigenvalue weighted by molar-refractivity contribution is 7.99. The minimum Gasteiger partial charge on any atom is -0.465 e. The van der Waals surface area contributed by atoms with Crippen LogP contribution in [0.4, 0.5) is 4.79 Å². The fourth-order valence-electron chi connectivity index (χ4n) is 0. The van der Waals surface area contributed by atoms with Crippen molar-refractivity contribution in [2.24, 2.45) is 5.73 Å². The summed E-state index contributed by atoms with van der Waals surface area (Å²) in [6, 6.07) is 0. The minimum atomic E-state index is -1.33. The molecule has 0 unspecified atom stereocenters. The van der Waals surface area contributed by atoms with E-state index in [-0.39, 0.29) is 4.58 Å². The molecule has 5 heteroatoms. The van der Waals surface area contributed by atoms with Gasteiger partial charge >= 0.3 is 6.09 Å². The van der Waals surface area contributed by atoms with Gasteiger partial charge in [-0.15, -0.1) is 6.58 Å². The molecule has 0 bridgehead atoms. The summed E-state index contributed by atoms with van der Waals surface area (Å²) in [5, 5.41) is 7.19. The quantitative estimate of drug-likeness (QED) is 0.267. The Morgan fingerprint density at radius 2 is 1.89 bits per heavy atom. The van der Waals surface area contributed by atoms with Crippen LogP contribution < -0.4 is 5.73 Å². The molecule has 0 aliphatic rings. The number of nitrogens with two attached hydrogens (primary N) is 1. The van der Waals surface area contributed by atoms with Crippen molar-refractivity contribution in [3.05, 3.63) is 12.7 Å². The molecule has 9 heavy (non-hydrogen) atoms. The van der Waals surface area contributed by atoms with E-state index in [9.17, 15) is 0 Å². The van der Waals surface area contributed by atoms with Crippen molar-refractivity contribution < 1.29 is 9.90 Å². The first-order valence-corrected chi connectivity index (χ1v) is 3.01. The average molecular weight is 167 g/mol. The maximum Gasteiger partial charge on any atom is 0.402 e. The lowest BCUT2D eigenvalue weighted by atomic mass is 10.8. The first-order chi connectivity index (χ1) is 4.00. The second kappa shape index (κ2) is 7.71. The van der Waals surface area contributed by atoms with Gasteiger partial charge in [0.15, 0.2) is 0 Å². The predicted octanol–water partition coefficient (Wildman–Crippen LogP) is 0.981. The third-order valence-electron chi connectivity index (χ3n) is 0.211. The van der Waals surface area contributed by atoms with Gasteiger partial charge in [-0.2, -0.15) is 25.3 Å². The summed E-state index contributed by atoms with van der Waals surface area (Å²) in [5.74, 6) is 0. The van der Waals surface area contributed by atoms with E-state index in [4.69, 9.17) is 9.90 Å². The molecule has 3 nitrogen and oxygen atoms in total. The van der Waals surface area contributed by atoms with Gasteiger partial charge in [0.25, 0.3) is 0 Å². The second-order valence-electron chi connectivity index (χ2n) is 0.988. The Morgan fingerprint density at radius 1 is 1.78 bits per heavy atom.